The monoisotopic (exact) mass is 320 g/mol. The number of nitrogens with one attached hydrogen (secondary N) is 2. The molecule has 0 aliphatic rings. The second kappa shape index (κ2) is 7.82. The van der Waals surface area contributed by atoms with Crippen molar-refractivity contribution in [3.05, 3.63) is 29.8 Å². The molecule has 0 aromatic heterocycles. The Labute approximate surface area is 141 Å². The van der Waals surface area contributed by atoms with Gasteiger partial charge in [0, 0.05) is 11.1 Å². The normalized spacial score (nSPS) is 13.5. The highest BCUT2D eigenvalue weighted by Gasteiger charge is 2.26. The fourth-order valence-corrected chi connectivity index (χ4v) is 2.31. The number of benzene rings is 1. The van der Waals surface area contributed by atoms with Crippen LogP contribution in [-0.2, 0) is 11.2 Å². The van der Waals surface area contributed by atoms with Gasteiger partial charge in [0.05, 0.1) is 12.6 Å². The standard InChI is InChI=1S/C19H32N2O2/c1-8-23-15-11-9-14(10-12-15)13-16(20-18(2,3)4)17(22)21-19(5,6)7/h9-12,16,20H,8,13H2,1-7H3,(H,21,22). The maximum atomic E-state index is 12.6. The third kappa shape index (κ3) is 8.03. The summed E-state index contributed by atoms with van der Waals surface area (Å²) in [6, 6.07) is 7.68. The van der Waals surface area contributed by atoms with Crippen molar-refractivity contribution >= 4 is 5.91 Å². The molecule has 0 saturated heterocycles. The topological polar surface area (TPSA) is 50.4 Å². The molecule has 130 valence electrons. The predicted molar refractivity (Wildman–Crippen MR) is 95.9 cm³/mol. The molecule has 1 atom stereocenters. The van der Waals surface area contributed by atoms with Gasteiger partial charge in [-0.15, -0.1) is 0 Å². The van der Waals surface area contributed by atoms with Crippen LogP contribution in [0, 0.1) is 0 Å². The number of ether oxygens (including phenoxy) is 1. The molecule has 0 saturated carbocycles. The maximum absolute atomic E-state index is 12.6. The molecule has 2 N–H and O–H groups in total. The first kappa shape index (κ1) is 19.5. The van der Waals surface area contributed by atoms with Crippen molar-refractivity contribution in [1.82, 2.24) is 10.6 Å². The summed E-state index contributed by atoms with van der Waals surface area (Å²) in [5, 5.41) is 6.49. The molecule has 0 spiro atoms. The van der Waals surface area contributed by atoms with Crippen molar-refractivity contribution in [2.45, 2.75) is 72.0 Å². The van der Waals surface area contributed by atoms with Crippen molar-refractivity contribution in [3.8, 4) is 5.75 Å². The Morgan fingerprint density at radius 3 is 2.04 bits per heavy atom. The van der Waals surface area contributed by atoms with E-state index in [9.17, 15) is 4.79 Å². The molecule has 0 fully saturated rings. The Morgan fingerprint density at radius 1 is 1.04 bits per heavy atom. The molecule has 1 amide bonds. The second-order valence-electron chi connectivity index (χ2n) is 7.97. The van der Waals surface area contributed by atoms with E-state index in [1.165, 1.54) is 0 Å². The van der Waals surface area contributed by atoms with Gasteiger partial charge in [-0.25, -0.2) is 0 Å². The molecule has 4 nitrogen and oxygen atoms in total. The van der Waals surface area contributed by atoms with Gasteiger partial charge in [-0.1, -0.05) is 12.1 Å². The first-order valence-corrected chi connectivity index (χ1v) is 8.31. The lowest BCUT2D eigenvalue weighted by Gasteiger charge is -2.31. The van der Waals surface area contributed by atoms with Gasteiger partial charge in [0.15, 0.2) is 0 Å². The minimum atomic E-state index is -0.271. The van der Waals surface area contributed by atoms with Crippen molar-refractivity contribution in [2.75, 3.05) is 6.61 Å². The van der Waals surface area contributed by atoms with Gasteiger partial charge >= 0.3 is 0 Å². The zero-order valence-corrected chi connectivity index (χ0v) is 15.6. The number of hydrogen-bond acceptors (Lipinski definition) is 3. The largest absolute Gasteiger partial charge is 0.494 e. The van der Waals surface area contributed by atoms with Crippen LogP contribution >= 0.6 is 0 Å². The van der Waals surface area contributed by atoms with E-state index >= 15 is 0 Å². The molecular weight excluding hydrogens is 288 g/mol. The molecule has 0 bridgehead atoms. The van der Waals surface area contributed by atoms with Crippen LogP contribution in [0.15, 0.2) is 24.3 Å². The van der Waals surface area contributed by atoms with Crippen LogP contribution in [-0.4, -0.2) is 29.6 Å². The van der Waals surface area contributed by atoms with Gasteiger partial charge in [-0.2, -0.15) is 0 Å². The molecule has 0 aliphatic carbocycles. The summed E-state index contributed by atoms with van der Waals surface area (Å²) in [6.07, 6.45) is 0.644. The Bertz CT molecular complexity index is 496. The van der Waals surface area contributed by atoms with E-state index in [1.807, 2.05) is 52.0 Å². The lowest BCUT2D eigenvalue weighted by molar-refractivity contribution is -0.125. The highest BCUT2D eigenvalue weighted by atomic mass is 16.5. The van der Waals surface area contributed by atoms with Gasteiger partial charge in [0.25, 0.3) is 0 Å². The minimum absolute atomic E-state index is 0.0290. The summed E-state index contributed by atoms with van der Waals surface area (Å²) >= 11 is 0. The minimum Gasteiger partial charge on any atom is -0.494 e. The fourth-order valence-electron chi connectivity index (χ4n) is 2.31. The lowest BCUT2D eigenvalue weighted by atomic mass is 9.99. The summed E-state index contributed by atoms with van der Waals surface area (Å²) in [4.78, 5) is 12.6. The summed E-state index contributed by atoms with van der Waals surface area (Å²) < 4.78 is 5.46. The van der Waals surface area contributed by atoms with E-state index in [1.54, 1.807) is 0 Å². The van der Waals surface area contributed by atoms with Crippen molar-refractivity contribution in [3.63, 3.8) is 0 Å². The molecule has 23 heavy (non-hydrogen) atoms. The Kier molecular flexibility index (Phi) is 6.63. The summed E-state index contributed by atoms with van der Waals surface area (Å²) in [5.74, 6) is 0.886. The van der Waals surface area contributed by atoms with Gasteiger partial charge in [-0.3, -0.25) is 4.79 Å². The summed E-state index contributed by atoms with van der Waals surface area (Å²) in [7, 11) is 0. The Balaban J connectivity index is 2.85. The van der Waals surface area contributed by atoms with Gasteiger partial charge < -0.3 is 15.4 Å². The predicted octanol–water partition coefficient (Wildman–Crippen LogP) is 3.30. The SMILES string of the molecule is CCOc1ccc(CC(NC(C)(C)C)C(=O)NC(C)(C)C)cc1. The first-order valence-electron chi connectivity index (χ1n) is 8.31. The summed E-state index contributed by atoms with van der Waals surface area (Å²) in [6.45, 7) is 14.8. The van der Waals surface area contributed by atoms with Gasteiger partial charge in [0.2, 0.25) is 5.91 Å². The van der Waals surface area contributed by atoms with E-state index < -0.39 is 0 Å². The molecule has 1 aromatic carbocycles. The molecule has 0 aliphatic heterocycles. The zero-order valence-electron chi connectivity index (χ0n) is 15.6. The number of carbonyl (C=O) groups is 1. The molecule has 1 unspecified atom stereocenters. The number of hydrogen-bond donors (Lipinski definition) is 2. The van der Waals surface area contributed by atoms with E-state index in [-0.39, 0.29) is 23.0 Å². The first-order chi connectivity index (χ1) is 10.5. The number of carbonyl (C=O) groups excluding carboxylic acids is 1. The molecule has 1 aromatic rings. The van der Waals surface area contributed by atoms with E-state index in [2.05, 4.69) is 31.4 Å². The van der Waals surface area contributed by atoms with Crippen molar-refractivity contribution in [2.24, 2.45) is 0 Å². The van der Waals surface area contributed by atoms with E-state index in [4.69, 9.17) is 4.74 Å². The van der Waals surface area contributed by atoms with E-state index in [0.29, 0.717) is 13.0 Å². The van der Waals surface area contributed by atoms with Gasteiger partial charge in [0.1, 0.15) is 5.75 Å². The van der Waals surface area contributed by atoms with Crippen molar-refractivity contribution < 1.29 is 9.53 Å². The van der Waals surface area contributed by atoms with Crippen LogP contribution in [0.5, 0.6) is 5.75 Å². The smallest absolute Gasteiger partial charge is 0.237 e. The number of rotatable bonds is 6. The Morgan fingerprint density at radius 2 is 1.61 bits per heavy atom. The quantitative estimate of drug-likeness (QED) is 0.845. The number of amides is 1. The fraction of sp³-hybridized carbons (Fsp3) is 0.632. The zero-order chi connectivity index (χ0) is 17.7. The molecule has 1 rings (SSSR count). The van der Waals surface area contributed by atoms with Crippen LogP contribution < -0.4 is 15.4 Å². The molecular formula is C19H32N2O2. The summed E-state index contributed by atoms with van der Waals surface area (Å²) in [5.41, 5.74) is 0.734. The highest BCUT2D eigenvalue weighted by Crippen LogP contribution is 2.15. The van der Waals surface area contributed by atoms with Gasteiger partial charge in [-0.05, 0) is 72.6 Å². The lowest BCUT2D eigenvalue weighted by Crippen LogP contribution is -2.56. The van der Waals surface area contributed by atoms with Crippen LogP contribution in [0.1, 0.15) is 54.0 Å². The van der Waals surface area contributed by atoms with Crippen LogP contribution in [0.3, 0.4) is 0 Å². The maximum Gasteiger partial charge on any atom is 0.237 e. The third-order valence-electron chi connectivity index (χ3n) is 3.10. The van der Waals surface area contributed by atoms with E-state index in [0.717, 1.165) is 11.3 Å². The van der Waals surface area contributed by atoms with Crippen LogP contribution in [0.2, 0.25) is 0 Å². The molecule has 0 heterocycles. The van der Waals surface area contributed by atoms with Crippen LogP contribution in [0.25, 0.3) is 0 Å². The average molecular weight is 320 g/mol. The highest BCUT2D eigenvalue weighted by molar-refractivity contribution is 5.82. The second-order valence-corrected chi connectivity index (χ2v) is 7.97. The molecule has 0 radical (unpaired) electrons. The molecule has 4 heteroatoms. The van der Waals surface area contributed by atoms with Crippen LogP contribution in [0.4, 0.5) is 0 Å². The average Bonchev–Trinajstić information content (AvgIpc) is 2.37. The third-order valence-corrected chi connectivity index (χ3v) is 3.10. The van der Waals surface area contributed by atoms with Crippen molar-refractivity contribution in [1.29, 1.82) is 0 Å². The Hall–Kier alpha value is -1.55.